The van der Waals surface area contributed by atoms with Crippen LogP contribution >= 0.6 is 12.2 Å². The normalized spacial score (nSPS) is 18.1. The first-order chi connectivity index (χ1) is 11.3. The quantitative estimate of drug-likeness (QED) is 0.806. The Morgan fingerprint density at radius 1 is 1.33 bits per heavy atom. The zero-order valence-corrected chi connectivity index (χ0v) is 14.9. The van der Waals surface area contributed by atoms with E-state index in [0.29, 0.717) is 11.5 Å². The van der Waals surface area contributed by atoms with Crippen LogP contribution in [0.2, 0.25) is 0 Å². The molecule has 6 nitrogen and oxygen atoms in total. The summed E-state index contributed by atoms with van der Waals surface area (Å²) in [5, 5.41) is 0. The second kappa shape index (κ2) is 6.05. The van der Waals surface area contributed by atoms with Crippen molar-refractivity contribution in [3.8, 4) is 0 Å². The van der Waals surface area contributed by atoms with Crippen molar-refractivity contribution >= 4 is 34.3 Å². The van der Waals surface area contributed by atoms with Crippen LogP contribution in [0.3, 0.4) is 0 Å². The molecule has 0 unspecified atom stereocenters. The number of fused-ring (bicyclic) bond motifs is 1. The Kier molecular flexibility index (Phi) is 4.21. The second-order valence-corrected chi connectivity index (χ2v) is 7.37. The van der Waals surface area contributed by atoms with E-state index >= 15 is 0 Å². The Hall–Kier alpha value is -2.15. The zero-order chi connectivity index (χ0) is 17.5. The number of thiocarbonyl (C=S) groups is 1. The molecule has 1 aromatic carbocycles. The summed E-state index contributed by atoms with van der Waals surface area (Å²) in [6.45, 7) is 6.08. The molecule has 128 valence electrons. The van der Waals surface area contributed by atoms with Crippen LogP contribution in [0.5, 0.6) is 0 Å². The van der Waals surface area contributed by atoms with Crippen molar-refractivity contribution in [2.45, 2.75) is 45.3 Å². The minimum absolute atomic E-state index is 0.280. The fourth-order valence-electron chi connectivity index (χ4n) is 2.99. The van der Waals surface area contributed by atoms with Crippen LogP contribution in [-0.2, 0) is 4.74 Å². The number of likely N-dealkylation sites (tertiary alicyclic amines) is 1. The van der Waals surface area contributed by atoms with Crippen LogP contribution in [0.4, 0.5) is 4.79 Å². The molecule has 1 saturated heterocycles. The van der Waals surface area contributed by atoms with Crippen molar-refractivity contribution in [1.29, 1.82) is 0 Å². The number of ether oxygens (including phenoxy) is 1. The van der Waals surface area contributed by atoms with E-state index in [2.05, 4.69) is 4.98 Å². The number of rotatable bonds is 1. The maximum Gasteiger partial charge on any atom is 0.410 e. The Labute approximate surface area is 145 Å². The minimum atomic E-state index is -0.566. The van der Waals surface area contributed by atoms with Gasteiger partial charge in [-0.15, -0.1) is 0 Å². The third-order valence-corrected chi connectivity index (χ3v) is 4.43. The van der Waals surface area contributed by atoms with E-state index in [1.54, 1.807) is 4.90 Å². The number of nitrogens with one attached hydrogen (secondary N) is 1. The third kappa shape index (κ3) is 3.08. The summed E-state index contributed by atoms with van der Waals surface area (Å²) in [6, 6.07) is 7.07. The molecule has 0 radical (unpaired) electrons. The van der Waals surface area contributed by atoms with Crippen LogP contribution in [0.15, 0.2) is 29.1 Å². The largest absolute Gasteiger partial charge is 0.444 e. The van der Waals surface area contributed by atoms with Crippen molar-refractivity contribution in [2.24, 2.45) is 0 Å². The number of carbonyl (C=O) groups is 1. The number of benzene rings is 1. The fraction of sp³-hybridized carbons (Fsp3) is 0.471. The highest BCUT2D eigenvalue weighted by Gasteiger charge is 2.36. The molecule has 1 aliphatic rings. The number of aromatic amines is 1. The Bertz CT molecular complexity index is 847. The van der Waals surface area contributed by atoms with Gasteiger partial charge in [0.1, 0.15) is 10.6 Å². The number of nitrogens with zero attached hydrogens (tertiary/aromatic N) is 2. The number of carbonyl (C=O) groups excluding carboxylic acids is 1. The smallest absolute Gasteiger partial charge is 0.410 e. The second-order valence-electron chi connectivity index (χ2n) is 6.95. The highest BCUT2D eigenvalue weighted by atomic mass is 32.1. The lowest BCUT2D eigenvalue weighted by Crippen LogP contribution is -2.46. The molecule has 2 aromatic rings. The van der Waals surface area contributed by atoms with Crippen molar-refractivity contribution < 1.29 is 9.53 Å². The topological polar surface area (TPSA) is 67.3 Å². The predicted octanol–water partition coefficient (Wildman–Crippen LogP) is 2.90. The molecular weight excluding hydrogens is 326 g/mol. The first-order valence-corrected chi connectivity index (χ1v) is 8.42. The molecule has 0 aliphatic carbocycles. The van der Waals surface area contributed by atoms with Crippen LogP contribution in [0.25, 0.3) is 11.0 Å². The van der Waals surface area contributed by atoms with Crippen LogP contribution in [-0.4, -0.2) is 43.7 Å². The molecule has 1 N–H and O–H groups in total. The standard InChI is InChI=1S/C17H21N3O3S/c1-17(2,3)23-16(22)19-10-6-9-13(19)14(24)20-12-8-5-4-7-11(12)18-15(20)21/h4-5,7-8,13H,6,9-10H2,1-3H3,(H,18,21)/t13-/m0/s1. The van der Waals surface area contributed by atoms with Crippen molar-refractivity contribution in [3.63, 3.8) is 0 Å². The van der Waals surface area contributed by atoms with Gasteiger partial charge in [-0.05, 0) is 45.7 Å². The Morgan fingerprint density at radius 2 is 2.04 bits per heavy atom. The summed E-state index contributed by atoms with van der Waals surface area (Å²) in [6.07, 6.45) is 1.17. The van der Waals surface area contributed by atoms with Gasteiger partial charge in [0.05, 0.1) is 17.1 Å². The van der Waals surface area contributed by atoms with Gasteiger partial charge in [-0.2, -0.15) is 0 Å². The number of amides is 1. The SMILES string of the molecule is CC(C)(C)OC(=O)N1CCC[C@H]1C(=S)n1c(=O)[nH]c2ccccc21. The monoisotopic (exact) mass is 347 g/mol. The van der Waals surface area contributed by atoms with E-state index < -0.39 is 5.60 Å². The number of aromatic nitrogens is 2. The van der Waals surface area contributed by atoms with Crippen molar-refractivity contribution in [1.82, 2.24) is 14.5 Å². The molecule has 1 fully saturated rings. The molecule has 1 aromatic heterocycles. The molecular formula is C17H21N3O3S. The van der Waals surface area contributed by atoms with Gasteiger partial charge in [-0.1, -0.05) is 24.4 Å². The summed E-state index contributed by atoms with van der Waals surface area (Å²) in [5.41, 5.74) is 0.608. The van der Waals surface area contributed by atoms with E-state index in [4.69, 9.17) is 17.0 Å². The van der Waals surface area contributed by atoms with Crippen LogP contribution in [0, 0.1) is 0 Å². The van der Waals surface area contributed by atoms with Gasteiger partial charge in [0.2, 0.25) is 0 Å². The number of imidazole rings is 1. The lowest BCUT2D eigenvalue weighted by molar-refractivity contribution is 0.0266. The Balaban J connectivity index is 1.92. The lowest BCUT2D eigenvalue weighted by Gasteiger charge is -2.29. The average Bonchev–Trinajstić information content (AvgIpc) is 3.08. The number of para-hydroxylation sites is 2. The highest BCUT2D eigenvalue weighted by molar-refractivity contribution is 7.80. The summed E-state index contributed by atoms with van der Waals surface area (Å²) >= 11 is 5.58. The maximum absolute atomic E-state index is 12.4. The molecule has 7 heteroatoms. The maximum atomic E-state index is 12.4. The minimum Gasteiger partial charge on any atom is -0.444 e. The highest BCUT2D eigenvalue weighted by Crippen LogP contribution is 2.23. The first-order valence-electron chi connectivity index (χ1n) is 8.01. The fourth-order valence-corrected chi connectivity index (χ4v) is 3.41. The van der Waals surface area contributed by atoms with Crippen molar-refractivity contribution in [3.05, 3.63) is 34.7 Å². The van der Waals surface area contributed by atoms with Crippen molar-refractivity contribution in [2.75, 3.05) is 6.54 Å². The molecule has 24 heavy (non-hydrogen) atoms. The van der Waals surface area contributed by atoms with Gasteiger partial charge in [0, 0.05) is 6.54 Å². The van der Waals surface area contributed by atoms with Gasteiger partial charge in [-0.25, -0.2) is 9.59 Å². The molecule has 0 bridgehead atoms. The van der Waals surface area contributed by atoms with Gasteiger partial charge in [0.15, 0.2) is 0 Å². The predicted molar refractivity (Wildman–Crippen MR) is 96.5 cm³/mol. The molecule has 0 spiro atoms. The summed E-state index contributed by atoms with van der Waals surface area (Å²) in [4.78, 5) is 29.6. The molecule has 1 amide bonds. The molecule has 1 aliphatic heterocycles. The first kappa shape index (κ1) is 16.7. The van der Waals surface area contributed by atoms with E-state index in [1.165, 1.54) is 4.57 Å². The van der Waals surface area contributed by atoms with Crippen LogP contribution in [0.1, 0.15) is 33.6 Å². The Morgan fingerprint density at radius 3 is 2.75 bits per heavy atom. The third-order valence-electron chi connectivity index (χ3n) is 3.98. The number of hydrogen-bond acceptors (Lipinski definition) is 4. The summed E-state index contributed by atoms with van der Waals surface area (Å²) in [7, 11) is 0. The summed E-state index contributed by atoms with van der Waals surface area (Å²) < 4.78 is 6.95. The average molecular weight is 347 g/mol. The van der Waals surface area contributed by atoms with Gasteiger partial charge >= 0.3 is 11.8 Å². The van der Waals surface area contributed by atoms with E-state index in [0.717, 1.165) is 23.9 Å². The number of hydrogen-bond donors (Lipinski definition) is 1. The molecule has 3 rings (SSSR count). The molecule has 0 saturated carbocycles. The van der Waals surface area contributed by atoms with Gasteiger partial charge < -0.3 is 9.72 Å². The summed E-state index contributed by atoms with van der Waals surface area (Å²) in [5.74, 6) is 0. The molecule has 1 atom stereocenters. The van der Waals surface area contributed by atoms with E-state index in [9.17, 15) is 9.59 Å². The van der Waals surface area contributed by atoms with Crippen LogP contribution < -0.4 is 5.69 Å². The van der Waals surface area contributed by atoms with E-state index in [1.807, 2.05) is 45.0 Å². The zero-order valence-electron chi connectivity index (χ0n) is 14.0. The van der Waals surface area contributed by atoms with Gasteiger partial charge in [0.25, 0.3) is 0 Å². The van der Waals surface area contributed by atoms with Gasteiger partial charge in [-0.3, -0.25) is 9.47 Å². The van der Waals surface area contributed by atoms with E-state index in [-0.39, 0.29) is 17.8 Å². The molecule has 2 heterocycles. The number of H-pyrrole nitrogens is 1. The lowest BCUT2D eigenvalue weighted by atomic mass is 10.2.